The van der Waals surface area contributed by atoms with E-state index >= 15 is 0 Å². The summed E-state index contributed by atoms with van der Waals surface area (Å²) >= 11 is 6.09. The molecule has 1 aliphatic carbocycles. The van der Waals surface area contributed by atoms with Crippen molar-refractivity contribution in [1.29, 1.82) is 0 Å². The molecular formula is C21H21ClN2O. The van der Waals surface area contributed by atoms with Crippen LogP contribution in [0.2, 0.25) is 5.02 Å². The molecule has 0 fully saturated rings. The van der Waals surface area contributed by atoms with Gasteiger partial charge in [-0.25, -0.2) is 0 Å². The molecule has 1 heterocycles. The van der Waals surface area contributed by atoms with E-state index in [4.69, 9.17) is 11.6 Å². The monoisotopic (exact) mass is 352 g/mol. The summed E-state index contributed by atoms with van der Waals surface area (Å²) in [5.74, 6) is 0.139. The Morgan fingerprint density at radius 2 is 2.04 bits per heavy atom. The number of aryl methyl sites for hydroxylation is 2. The highest BCUT2D eigenvalue weighted by atomic mass is 35.5. The zero-order chi connectivity index (χ0) is 17.2. The maximum Gasteiger partial charge on any atom is 0.220 e. The number of aromatic amines is 1. The zero-order valence-corrected chi connectivity index (χ0v) is 14.8. The Labute approximate surface area is 152 Å². The lowest BCUT2D eigenvalue weighted by Crippen LogP contribution is -2.38. The van der Waals surface area contributed by atoms with Crippen LogP contribution >= 0.6 is 11.6 Å². The highest BCUT2D eigenvalue weighted by molar-refractivity contribution is 6.31. The summed E-state index contributed by atoms with van der Waals surface area (Å²) in [5, 5.41) is 5.19. The third-order valence-electron chi connectivity index (χ3n) is 5.00. The van der Waals surface area contributed by atoms with Gasteiger partial charge in [0, 0.05) is 34.1 Å². The van der Waals surface area contributed by atoms with E-state index in [-0.39, 0.29) is 11.9 Å². The number of carbonyl (C=O) groups is 1. The van der Waals surface area contributed by atoms with Crippen molar-refractivity contribution in [2.45, 2.75) is 38.1 Å². The van der Waals surface area contributed by atoms with Crippen molar-refractivity contribution in [3.8, 4) is 0 Å². The quantitative estimate of drug-likeness (QED) is 0.717. The Kier molecular flexibility index (Phi) is 4.50. The number of amides is 1. The number of nitrogens with one attached hydrogen (secondary N) is 2. The summed E-state index contributed by atoms with van der Waals surface area (Å²) in [6, 6.07) is 16.4. The van der Waals surface area contributed by atoms with Crippen molar-refractivity contribution in [2.75, 3.05) is 0 Å². The summed E-state index contributed by atoms with van der Waals surface area (Å²) in [6.07, 6.45) is 4.15. The van der Waals surface area contributed by atoms with Gasteiger partial charge >= 0.3 is 0 Å². The van der Waals surface area contributed by atoms with Crippen LogP contribution < -0.4 is 5.32 Å². The number of carbonyl (C=O) groups excluding carboxylic acids is 1. The first-order chi connectivity index (χ1) is 12.2. The van der Waals surface area contributed by atoms with Gasteiger partial charge in [-0.3, -0.25) is 4.79 Å². The second-order valence-corrected chi connectivity index (χ2v) is 7.20. The van der Waals surface area contributed by atoms with Crippen LogP contribution in [0.3, 0.4) is 0 Å². The largest absolute Gasteiger partial charge is 0.358 e. The van der Waals surface area contributed by atoms with Crippen LogP contribution in [0.4, 0.5) is 0 Å². The van der Waals surface area contributed by atoms with Gasteiger partial charge in [-0.15, -0.1) is 0 Å². The van der Waals surface area contributed by atoms with Crippen molar-refractivity contribution in [1.82, 2.24) is 10.3 Å². The molecule has 4 heteroatoms. The predicted octanol–water partition coefficient (Wildman–Crippen LogP) is 4.43. The molecule has 1 atom stereocenters. The third kappa shape index (κ3) is 3.57. The van der Waals surface area contributed by atoms with Gasteiger partial charge in [-0.05, 0) is 48.9 Å². The van der Waals surface area contributed by atoms with Crippen molar-refractivity contribution < 1.29 is 4.79 Å². The molecule has 0 saturated heterocycles. The van der Waals surface area contributed by atoms with E-state index in [9.17, 15) is 4.79 Å². The maximum atomic E-state index is 12.3. The minimum Gasteiger partial charge on any atom is -0.358 e. The molecular weight excluding hydrogens is 332 g/mol. The molecule has 0 spiro atoms. The van der Waals surface area contributed by atoms with Crippen LogP contribution in [0, 0.1) is 0 Å². The SMILES string of the molecule is O=C(CCc1ccccc1)NC1CCc2[nH]c3cc(Cl)ccc3c2C1. The molecule has 25 heavy (non-hydrogen) atoms. The second kappa shape index (κ2) is 6.93. The van der Waals surface area contributed by atoms with Gasteiger partial charge in [0.1, 0.15) is 0 Å². The molecule has 2 aromatic carbocycles. The smallest absolute Gasteiger partial charge is 0.220 e. The van der Waals surface area contributed by atoms with Crippen molar-refractivity contribution in [2.24, 2.45) is 0 Å². The van der Waals surface area contributed by atoms with Gasteiger partial charge in [0.15, 0.2) is 0 Å². The van der Waals surface area contributed by atoms with Gasteiger partial charge in [-0.2, -0.15) is 0 Å². The first-order valence-corrected chi connectivity index (χ1v) is 9.19. The molecule has 0 bridgehead atoms. The Hall–Kier alpha value is -2.26. The highest BCUT2D eigenvalue weighted by Gasteiger charge is 2.23. The number of benzene rings is 2. The fourth-order valence-electron chi connectivity index (χ4n) is 3.72. The summed E-state index contributed by atoms with van der Waals surface area (Å²) in [5.41, 5.74) is 4.91. The summed E-state index contributed by atoms with van der Waals surface area (Å²) < 4.78 is 0. The van der Waals surface area contributed by atoms with E-state index in [0.717, 1.165) is 36.2 Å². The molecule has 128 valence electrons. The Morgan fingerprint density at radius 1 is 1.20 bits per heavy atom. The predicted molar refractivity (Wildman–Crippen MR) is 102 cm³/mol. The van der Waals surface area contributed by atoms with Gasteiger partial charge in [0.25, 0.3) is 0 Å². The zero-order valence-electron chi connectivity index (χ0n) is 14.0. The molecule has 1 aromatic heterocycles. The van der Waals surface area contributed by atoms with Gasteiger partial charge in [0.05, 0.1) is 0 Å². The average Bonchev–Trinajstić information content (AvgIpc) is 2.97. The topological polar surface area (TPSA) is 44.9 Å². The normalized spacial score (nSPS) is 16.6. The molecule has 0 aliphatic heterocycles. The summed E-state index contributed by atoms with van der Waals surface area (Å²) in [7, 11) is 0. The maximum absolute atomic E-state index is 12.3. The van der Waals surface area contributed by atoms with E-state index in [1.807, 2.05) is 30.3 Å². The fraction of sp³-hybridized carbons (Fsp3) is 0.286. The number of fused-ring (bicyclic) bond motifs is 3. The van der Waals surface area contributed by atoms with E-state index < -0.39 is 0 Å². The van der Waals surface area contributed by atoms with E-state index in [2.05, 4.69) is 28.5 Å². The van der Waals surface area contributed by atoms with Crippen molar-refractivity contribution >= 4 is 28.4 Å². The number of hydrogen-bond acceptors (Lipinski definition) is 1. The van der Waals surface area contributed by atoms with Crippen LogP contribution in [0.1, 0.15) is 29.7 Å². The minimum absolute atomic E-state index is 0.139. The molecule has 1 unspecified atom stereocenters. The fourth-order valence-corrected chi connectivity index (χ4v) is 3.89. The van der Waals surface area contributed by atoms with E-state index in [1.165, 1.54) is 22.2 Å². The average molecular weight is 353 g/mol. The molecule has 0 saturated carbocycles. The van der Waals surface area contributed by atoms with Crippen LogP contribution in [0.5, 0.6) is 0 Å². The molecule has 0 radical (unpaired) electrons. The second-order valence-electron chi connectivity index (χ2n) is 6.76. The van der Waals surface area contributed by atoms with Crippen LogP contribution in [0.15, 0.2) is 48.5 Å². The first-order valence-electron chi connectivity index (χ1n) is 8.81. The molecule has 3 nitrogen and oxygen atoms in total. The molecule has 3 aromatic rings. The Balaban J connectivity index is 1.40. The van der Waals surface area contributed by atoms with Crippen LogP contribution in [-0.4, -0.2) is 16.9 Å². The van der Waals surface area contributed by atoms with Crippen molar-refractivity contribution in [3.05, 3.63) is 70.4 Å². The lowest BCUT2D eigenvalue weighted by atomic mass is 9.91. The number of rotatable bonds is 4. The van der Waals surface area contributed by atoms with Crippen molar-refractivity contribution in [3.63, 3.8) is 0 Å². The van der Waals surface area contributed by atoms with Gasteiger partial charge in [-0.1, -0.05) is 48.0 Å². The number of H-pyrrole nitrogens is 1. The Bertz CT molecular complexity index is 901. The molecule has 2 N–H and O–H groups in total. The lowest BCUT2D eigenvalue weighted by molar-refractivity contribution is -0.121. The molecule has 1 aliphatic rings. The number of aromatic nitrogens is 1. The Morgan fingerprint density at radius 3 is 2.88 bits per heavy atom. The van der Waals surface area contributed by atoms with E-state index in [0.29, 0.717) is 6.42 Å². The van der Waals surface area contributed by atoms with Crippen LogP contribution in [0.25, 0.3) is 10.9 Å². The van der Waals surface area contributed by atoms with Gasteiger partial charge in [0.2, 0.25) is 5.91 Å². The van der Waals surface area contributed by atoms with E-state index in [1.54, 1.807) is 0 Å². The minimum atomic E-state index is 0.139. The van der Waals surface area contributed by atoms with Gasteiger partial charge < -0.3 is 10.3 Å². The number of hydrogen-bond donors (Lipinski definition) is 2. The summed E-state index contributed by atoms with van der Waals surface area (Å²) in [4.78, 5) is 15.8. The lowest BCUT2D eigenvalue weighted by Gasteiger charge is -2.23. The highest BCUT2D eigenvalue weighted by Crippen LogP contribution is 2.30. The summed E-state index contributed by atoms with van der Waals surface area (Å²) in [6.45, 7) is 0. The standard InChI is InChI=1S/C21H21ClN2O/c22-15-7-9-17-18-13-16(8-10-19(18)24-20(17)12-15)23-21(25)11-6-14-4-2-1-3-5-14/h1-5,7,9,12,16,24H,6,8,10-11,13H2,(H,23,25). The third-order valence-corrected chi connectivity index (χ3v) is 5.23. The molecule has 4 rings (SSSR count). The first kappa shape index (κ1) is 16.2. The number of halogens is 1. The molecule has 1 amide bonds. The van der Waals surface area contributed by atoms with Crippen LogP contribution in [-0.2, 0) is 24.1 Å².